The lowest BCUT2D eigenvalue weighted by Crippen LogP contribution is -2.19. The van der Waals surface area contributed by atoms with Crippen molar-refractivity contribution in [3.05, 3.63) is 11.9 Å². The van der Waals surface area contributed by atoms with Gasteiger partial charge in [0.25, 0.3) is 0 Å². The molecule has 96 valence electrons. The fourth-order valence-corrected chi connectivity index (χ4v) is 1.42. The van der Waals surface area contributed by atoms with E-state index < -0.39 is 0 Å². The second kappa shape index (κ2) is 7.06. The van der Waals surface area contributed by atoms with Gasteiger partial charge in [-0.15, -0.1) is 0 Å². The number of aliphatic hydroxyl groups excluding tert-OH is 1. The molecule has 3 N–H and O–H groups in total. The number of hydrogen-bond acceptors (Lipinski definition) is 5. The van der Waals surface area contributed by atoms with Crippen molar-refractivity contribution >= 4 is 11.6 Å². The van der Waals surface area contributed by atoms with Crippen LogP contribution in [0, 0.1) is 0 Å². The molecule has 0 aliphatic rings. The lowest BCUT2D eigenvalue weighted by Gasteiger charge is -2.12. The van der Waals surface area contributed by atoms with Gasteiger partial charge in [-0.05, 0) is 12.8 Å². The summed E-state index contributed by atoms with van der Waals surface area (Å²) in [6, 6.07) is 1.85. The van der Waals surface area contributed by atoms with Gasteiger partial charge < -0.3 is 15.7 Å². The molecule has 5 heteroatoms. The second-order valence-electron chi connectivity index (χ2n) is 4.00. The zero-order valence-corrected chi connectivity index (χ0v) is 10.8. The summed E-state index contributed by atoms with van der Waals surface area (Å²) in [6.45, 7) is 4.57. The molecule has 0 saturated heterocycles. The molecule has 1 aromatic heterocycles. The minimum atomic E-state index is -0.336. The Morgan fingerprint density at radius 3 is 2.59 bits per heavy atom. The molecule has 0 bridgehead atoms. The monoisotopic (exact) mass is 238 g/mol. The quantitative estimate of drug-likeness (QED) is 0.674. The summed E-state index contributed by atoms with van der Waals surface area (Å²) in [4.78, 5) is 8.77. The zero-order valence-electron chi connectivity index (χ0n) is 10.8. The van der Waals surface area contributed by atoms with E-state index in [9.17, 15) is 5.11 Å². The lowest BCUT2D eigenvalue weighted by atomic mass is 10.3. The molecule has 17 heavy (non-hydrogen) atoms. The summed E-state index contributed by atoms with van der Waals surface area (Å²) in [5.74, 6) is 2.39. The van der Waals surface area contributed by atoms with Gasteiger partial charge >= 0.3 is 0 Å². The van der Waals surface area contributed by atoms with Crippen molar-refractivity contribution in [2.24, 2.45) is 0 Å². The number of nitrogens with one attached hydrogen (secondary N) is 2. The maximum Gasteiger partial charge on any atom is 0.133 e. The number of aromatic nitrogens is 2. The van der Waals surface area contributed by atoms with E-state index in [1.807, 2.05) is 20.0 Å². The Hall–Kier alpha value is -1.36. The Bertz CT molecular complexity index is 343. The summed E-state index contributed by atoms with van der Waals surface area (Å²) >= 11 is 0. The molecule has 5 nitrogen and oxygen atoms in total. The maximum atomic E-state index is 9.50. The summed E-state index contributed by atoms with van der Waals surface area (Å²) in [7, 11) is 1.84. The van der Waals surface area contributed by atoms with Crippen LogP contribution in [0.25, 0.3) is 0 Å². The van der Waals surface area contributed by atoms with Crippen molar-refractivity contribution in [2.75, 3.05) is 24.2 Å². The second-order valence-corrected chi connectivity index (χ2v) is 4.00. The fourth-order valence-electron chi connectivity index (χ4n) is 1.42. The molecule has 1 aromatic rings. The van der Waals surface area contributed by atoms with E-state index in [0.717, 1.165) is 36.7 Å². The molecule has 0 aromatic carbocycles. The van der Waals surface area contributed by atoms with E-state index >= 15 is 0 Å². The predicted molar refractivity (Wildman–Crippen MR) is 70.4 cm³/mol. The highest BCUT2D eigenvalue weighted by atomic mass is 16.3. The molecule has 0 saturated carbocycles. The Morgan fingerprint density at radius 1 is 1.29 bits per heavy atom. The SMILES string of the molecule is CCCc1nc(NC)cc(NCC(O)CC)n1. The largest absolute Gasteiger partial charge is 0.391 e. The Kier molecular flexibility index (Phi) is 5.69. The van der Waals surface area contributed by atoms with E-state index in [1.54, 1.807) is 0 Å². The van der Waals surface area contributed by atoms with Crippen molar-refractivity contribution in [2.45, 2.75) is 39.2 Å². The van der Waals surface area contributed by atoms with Crippen LogP contribution < -0.4 is 10.6 Å². The first kappa shape index (κ1) is 13.7. The number of aliphatic hydroxyl groups is 1. The highest BCUT2D eigenvalue weighted by molar-refractivity contribution is 5.47. The molecule has 1 atom stereocenters. The van der Waals surface area contributed by atoms with Crippen LogP contribution in [-0.4, -0.2) is 34.8 Å². The summed E-state index contributed by atoms with van der Waals surface area (Å²) < 4.78 is 0. The van der Waals surface area contributed by atoms with Crippen molar-refractivity contribution in [3.8, 4) is 0 Å². The minimum absolute atomic E-state index is 0.336. The molecule has 0 spiro atoms. The molecule has 0 aliphatic carbocycles. The van der Waals surface area contributed by atoms with Crippen LogP contribution in [0.5, 0.6) is 0 Å². The molecule has 0 amide bonds. The zero-order chi connectivity index (χ0) is 12.7. The van der Waals surface area contributed by atoms with Gasteiger partial charge in [0, 0.05) is 26.1 Å². The van der Waals surface area contributed by atoms with E-state index in [2.05, 4.69) is 27.5 Å². The van der Waals surface area contributed by atoms with Gasteiger partial charge in [-0.25, -0.2) is 9.97 Å². The van der Waals surface area contributed by atoms with Gasteiger partial charge in [-0.1, -0.05) is 13.8 Å². The summed E-state index contributed by atoms with van der Waals surface area (Å²) in [6.07, 6.45) is 2.28. The number of nitrogens with zero attached hydrogens (tertiary/aromatic N) is 2. The van der Waals surface area contributed by atoms with Crippen LogP contribution >= 0.6 is 0 Å². The standard InChI is InChI=1S/C12H22N4O/c1-4-6-10-15-11(13-3)7-12(16-10)14-8-9(17)5-2/h7,9,17H,4-6,8H2,1-3H3,(H2,13,14,15,16). The number of anilines is 2. The fraction of sp³-hybridized carbons (Fsp3) is 0.667. The molecule has 1 heterocycles. The van der Waals surface area contributed by atoms with Crippen molar-refractivity contribution in [3.63, 3.8) is 0 Å². The van der Waals surface area contributed by atoms with E-state index in [4.69, 9.17) is 0 Å². The van der Waals surface area contributed by atoms with Crippen molar-refractivity contribution in [1.82, 2.24) is 9.97 Å². The van der Waals surface area contributed by atoms with Crippen LogP contribution in [0.1, 0.15) is 32.5 Å². The van der Waals surface area contributed by atoms with Crippen LogP contribution in [0.2, 0.25) is 0 Å². The molecule has 1 rings (SSSR count). The molecule has 1 unspecified atom stereocenters. The number of rotatable bonds is 7. The van der Waals surface area contributed by atoms with Gasteiger partial charge in [0.05, 0.1) is 6.10 Å². The highest BCUT2D eigenvalue weighted by Gasteiger charge is 2.05. The number of hydrogen-bond donors (Lipinski definition) is 3. The average Bonchev–Trinajstić information content (AvgIpc) is 2.36. The van der Waals surface area contributed by atoms with E-state index in [-0.39, 0.29) is 6.10 Å². The highest BCUT2D eigenvalue weighted by Crippen LogP contribution is 2.12. The third kappa shape index (κ3) is 4.56. The third-order valence-corrected chi connectivity index (χ3v) is 2.49. The van der Waals surface area contributed by atoms with E-state index in [1.165, 1.54) is 0 Å². The lowest BCUT2D eigenvalue weighted by molar-refractivity contribution is 0.183. The van der Waals surface area contributed by atoms with Crippen molar-refractivity contribution in [1.29, 1.82) is 0 Å². The Morgan fingerprint density at radius 2 is 2.00 bits per heavy atom. The van der Waals surface area contributed by atoms with Gasteiger partial charge in [0.1, 0.15) is 17.5 Å². The smallest absolute Gasteiger partial charge is 0.133 e. The average molecular weight is 238 g/mol. The van der Waals surface area contributed by atoms with Crippen LogP contribution in [0.3, 0.4) is 0 Å². The molecule has 0 fully saturated rings. The van der Waals surface area contributed by atoms with Crippen LogP contribution in [0.15, 0.2) is 6.07 Å². The molecular formula is C12H22N4O. The first-order valence-corrected chi connectivity index (χ1v) is 6.17. The van der Waals surface area contributed by atoms with E-state index in [0.29, 0.717) is 6.54 Å². The number of aryl methyl sites for hydroxylation is 1. The molecule has 0 radical (unpaired) electrons. The molecule has 0 aliphatic heterocycles. The minimum Gasteiger partial charge on any atom is -0.391 e. The van der Waals surface area contributed by atoms with Gasteiger partial charge in [0.2, 0.25) is 0 Å². The first-order valence-electron chi connectivity index (χ1n) is 6.17. The topological polar surface area (TPSA) is 70.1 Å². The van der Waals surface area contributed by atoms with Gasteiger partial charge in [0.15, 0.2) is 0 Å². The predicted octanol–water partition coefficient (Wildman–Crippen LogP) is 1.65. The summed E-state index contributed by atoms with van der Waals surface area (Å²) in [5.41, 5.74) is 0. The first-order chi connectivity index (χ1) is 8.19. The normalized spacial score (nSPS) is 12.2. The Labute approximate surface area is 103 Å². The summed E-state index contributed by atoms with van der Waals surface area (Å²) in [5, 5.41) is 15.6. The Balaban J connectivity index is 2.72. The van der Waals surface area contributed by atoms with Gasteiger partial charge in [-0.2, -0.15) is 0 Å². The third-order valence-electron chi connectivity index (χ3n) is 2.49. The van der Waals surface area contributed by atoms with Gasteiger partial charge in [-0.3, -0.25) is 0 Å². The van der Waals surface area contributed by atoms with Crippen molar-refractivity contribution < 1.29 is 5.11 Å². The van der Waals surface area contributed by atoms with Crippen LogP contribution in [0.4, 0.5) is 11.6 Å². The van der Waals surface area contributed by atoms with Crippen LogP contribution in [-0.2, 0) is 6.42 Å². The maximum absolute atomic E-state index is 9.50. The molecular weight excluding hydrogens is 216 g/mol.